The Morgan fingerprint density at radius 1 is 1.12 bits per heavy atom. The van der Waals surface area contributed by atoms with E-state index in [4.69, 9.17) is 4.52 Å². The second-order valence-electron chi connectivity index (χ2n) is 6.74. The standard InChI is InChI=1S/C16H22F3N3O2/c17-16(18,19)8-5-13(23)22-9-6-12(7-10-22)15-20-14(21-24-15)11-3-1-2-4-11/h11-12H,1-10H2. The summed E-state index contributed by atoms with van der Waals surface area (Å²) in [5.74, 6) is 1.46. The van der Waals surface area contributed by atoms with Crippen LogP contribution in [0.5, 0.6) is 0 Å². The molecule has 3 rings (SSSR count). The van der Waals surface area contributed by atoms with Crippen molar-refractivity contribution in [2.45, 2.75) is 69.4 Å². The molecule has 2 fully saturated rings. The van der Waals surface area contributed by atoms with Gasteiger partial charge in [0.25, 0.3) is 0 Å². The van der Waals surface area contributed by atoms with Gasteiger partial charge in [-0.05, 0) is 25.7 Å². The van der Waals surface area contributed by atoms with Crippen molar-refractivity contribution in [3.05, 3.63) is 11.7 Å². The molecule has 8 heteroatoms. The first-order chi connectivity index (χ1) is 11.4. The number of rotatable bonds is 4. The fraction of sp³-hybridized carbons (Fsp3) is 0.812. The van der Waals surface area contributed by atoms with Crippen molar-refractivity contribution in [1.82, 2.24) is 15.0 Å². The summed E-state index contributed by atoms with van der Waals surface area (Å²) in [5.41, 5.74) is 0. The van der Waals surface area contributed by atoms with Crippen LogP contribution >= 0.6 is 0 Å². The summed E-state index contributed by atoms with van der Waals surface area (Å²) in [5, 5.41) is 4.09. The molecule has 0 aromatic carbocycles. The number of hydrogen-bond donors (Lipinski definition) is 0. The van der Waals surface area contributed by atoms with Gasteiger partial charge in [-0.1, -0.05) is 18.0 Å². The zero-order valence-corrected chi connectivity index (χ0v) is 13.5. The lowest BCUT2D eigenvalue weighted by molar-refractivity contribution is -0.149. The number of amides is 1. The van der Waals surface area contributed by atoms with Crippen LogP contribution in [0.2, 0.25) is 0 Å². The number of piperidine rings is 1. The minimum Gasteiger partial charge on any atom is -0.343 e. The maximum atomic E-state index is 12.2. The Bertz CT molecular complexity index is 559. The summed E-state index contributed by atoms with van der Waals surface area (Å²) in [6, 6.07) is 0. The summed E-state index contributed by atoms with van der Waals surface area (Å²) in [4.78, 5) is 17.9. The molecule has 5 nitrogen and oxygen atoms in total. The van der Waals surface area contributed by atoms with E-state index in [1.54, 1.807) is 0 Å². The lowest BCUT2D eigenvalue weighted by Crippen LogP contribution is -2.38. The highest BCUT2D eigenvalue weighted by atomic mass is 19.4. The monoisotopic (exact) mass is 345 g/mol. The van der Waals surface area contributed by atoms with Gasteiger partial charge in [-0.15, -0.1) is 0 Å². The highest BCUT2D eigenvalue weighted by molar-refractivity contribution is 5.76. The zero-order valence-electron chi connectivity index (χ0n) is 13.5. The van der Waals surface area contributed by atoms with Crippen molar-refractivity contribution in [3.8, 4) is 0 Å². The second-order valence-corrected chi connectivity index (χ2v) is 6.74. The van der Waals surface area contributed by atoms with Crippen LogP contribution in [-0.2, 0) is 4.79 Å². The fourth-order valence-corrected chi connectivity index (χ4v) is 3.55. The number of carbonyl (C=O) groups is 1. The van der Waals surface area contributed by atoms with Crippen molar-refractivity contribution < 1.29 is 22.5 Å². The first-order valence-electron chi connectivity index (χ1n) is 8.60. The molecule has 0 spiro atoms. The largest absolute Gasteiger partial charge is 0.389 e. The molecule has 2 heterocycles. The summed E-state index contributed by atoms with van der Waals surface area (Å²) in [6.07, 6.45) is 0.111. The number of alkyl halides is 3. The van der Waals surface area contributed by atoms with E-state index in [0.29, 0.717) is 37.7 Å². The highest BCUT2D eigenvalue weighted by Gasteiger charge is 2.32. The van der Waals surface area contributed by atoms with Crippen LogP contribution in [-0.4, -0.2) is 40.2 Å². The molecule has 0 radical (unpaired) electrons. The molecule has 1 amide bonds. The van der Waals surface area contributed by atoms with E-state index in [-0.39, 0.29) is 5.92 Å². The van der Waals surface area contributed by atoms with Gasteiger partial charge in [0.1, 0.15) is 0 Å². The van der Waals surface area contributed by atoms with Crippen molar-refractivity contribution in [2.75, 3.05) is 13.1 Å². The van der Waals surface area contributed by atoms with E-state index in [1.165, 1.54) is 17.7 Å². The molecule has 0 bridgehead atoms. The van der Waals surface area contributed by atoms with Crippen LogP contribution < -0.4 is 0 Å². The van der Waals surface area contributed by atoms with Crippen molar-refractivity contribution in [2.24, 2.45) is 0 Å². The molecule has 2 aliphatic rings. The lowest BCUT2D eigenvalue weighted by atomic mass is 9.96. The van der Waals surface area contributed by atoms with Gasteiger partial charge in [-0.25, -0.2) is 0 Å². The van der Waals surface area contributed by atoms with Gasteiger partial charge >= 0.3 is 6.18 Å². The van der Waals surface area contributed by atoms with Crippen LogP contribution in [0.25, 0.3) is 0 Å². The minimum atomic E-state index is -4.28. The molecule has 24 heavy (non-hydrogen) atoms. The van der Waals surface area contributed by atoms with Gasteiger partial charge in [0, 0.05) is 31.3 Å². The predicted molar refractivity (Wildman–Crippen MR) is 79.4 cm³/mol. The van der Waals surface area contributed by atoms with E-state index in [9.17, 15) is 18.0 Å². The van der Waals surface area contributed by atoms with Crippen LogP contribution in [0, 0.1) is 0 Å². The Hall–Kier alpha value is -1.60. The van der Waals surface area contributed by atoms with Gasteiger partial charge in [-0.2, -0.15) is 18.2 Å². The Balaban J connectivity index is 1.49. The van der Waals surface area contributed by atoms with Crippen LogP contribution in [0.4, 0.5) is 13.2 Å². The second kappa shape index (κ2) is 7.11. The summed E-state index contributed by atoms with van der Waals surface area (Å²) in [6.45, 7) is 0.894. The van der Waals surface area contributed by atoms with Crippen molar-refractivity contribution >= 4 is 5.91 Å². The molecule has 0 unspecified atom stereocenters. The first kappa shape index (κ1) is 17.2. The molecule has 134 valence electrons. The molecule has 1 aliphatic heterocycles. The van der Waals surface area contributed by atoms with Gasteiger partial charge < -0.3 is 9.42 Å². The third kappa shape index (κ3) is 4.27. The van der Waals surface area contributed by atoms with E-state index in [2.05, 4.69) is 10.1 Å². The number of hydrogen-bond acceptors (Lipinski definition) is 4. The van der Waals surface area contributed by atoms with Crippen molar-refractivity contribution in [1.29, 1.82) is 0 Å². The Morgan fingerprint density at radius 3 is 2.42 bits per heavy atom. The Labute approximate surface area is 138 Å². The predicted octanol–water partition coefficient (Wildman–Crippen LogP) is 3.78. The topological polar surface area (TPSA) is 59.2 Å². The van der Waals surface area contributed by atoms with E-state index in [0.717, 1.165) is 18.7 Å². The maximum absolute atomic E-state index is 12.2. The smallest absolute Gasteiger partial charge is 0.343 e. The normalized spacial score (nSPS) is 20.7. The molecule has 1 aromatic heterocycles. The highest BCUT2D eigenvalue weighted by Crippen LogP contribution is 2.34. The molecule has 1 aromatic rings. The SMILES string of the molecule is O=C(CCC(F)(F)F)N1CCC(c2nc(C3CCCC3)no2)CC1. The van der Waals surface area contributed by atoms with Crippen LogP contribution in [0.15, 0.2) is 4.52 Å². The van der Waals surface area contributed by atoms with Crippen molar-refractivity contribution in [3.63, 3.8) is 0 Å². The number of nitrogens with zero attached hydrogens (tertiary/aromatic N) is 3. The number of halogens is 3. The number of aromatic nitrogens is 2. The summed E-state index contributed by atoms with van der Waals surface area (Å²) in [7, 11) is 0. The average Bonchev–Trinajstić information content (AvgIpc) is 3.23. The zero-order chi connectivity index (χ0) is 17.2. The molecule has 1 saturated heterocycles. The summed E-state index contributed by atoms with van der Waals surface area (Å²) < 4.78 is 42.0. The molecule has 0 N–H and O–H groups in total. The summed E-state index contributed by atoms with van der Waals surface area (Å²) >= 11 is 0. The fourth-order valence-electron chi connectivity index (χ4n) is 3.55. The minimum absolute atomic E-state index is 0.0966. The van der Waals surface area contributed by atoms with Gasteiger partial charge in [0.05, 0.1) is 6.42 Å². The Morgan fingerprint density at radius 2 is 1.79 bits per heavy atom. The quantitative estimate of drug-likeness (QED) is 0.833. The first-order valence-corrected chi connectivity index (χ1v) is 8.60. The molecular formula is C16H22F3N3O2. The molecule has 1 saturated carbocycles. The molecule has 0 atom stereocenters. The number of carbonyl (C=O) groups excluding carboxylic acids is 1. The van der Waals surface area contributed by atoms with E-state index in [1.807, 2.05) is 0 Å². The Kier molecular flexibility index (Phi) is 5.10. The van der Waals surface area contributed by atoms with Crippen LogP contribution in [0.1, 0.15) is 74.9 Å². The van der Waals surface area contributed by atoms with Gasteiger partial charge in [0.15, 0.2) is 5.82 Å². The third-order valence-electron chi connectivity index (χ3n) is 5.00. The van der Waals surface area contributed by atoms with Gasteiger partial charge in [-0.3, -0.25) is 4.79 Å². The molecule has 1 aliphatic carbocycles. The van der Waals surface area contributed by atoms with Gasteiger partial charge in [0.2, 0.25) is 11.8 Å². The average molecular weight is 345 g/mol. The molecular weight excluding hydrogens is 323 g/mol. The maximum Gasteiger partial charge on any atom is 0.389 e. The third-order valence-corrected chi connectivity index (χ3v) is 5.00. The van der Waals surface area contributed by atoms with E-state index >= 15 is 0 Å². The number of likely N-dealkylation sites (tertiary alicyclic amines) is 1. The van der Waals surface area contributed by atoms with Crippen LogP contribution in [0.3, 0.4) is 0 Å². The van der Waals surface area contributed by atoms with E-state index < -0.39 is 24.9 Å². The lowest BCUT2D eigenvalue weighted by Gasteiger charge is -2.30.